The molecule has 4 atom stereocenters. The van der Waals surface area contributed by atoms with Crippen molar-refractivity contribution < 1.29 is 42.1 Å². The minimum absolute atomic E-state index is 0.0989. The summed E-state index contributed by atoms with van der Waals surface area (Å²) in [4.78, 5) is 26.7. The maximum absolute atomic E-state index is 14.4. The van der Waals surface area contributed by atoms with E-state index in [0.29, 0.717) is 12.8 Å². The van der Waals surface area contributed by atoms with Crippen molar-refractivity contribution in [2.75, 3.05) is 7.11 Å². The van der Waals surface area contributed by atoms with E-state index in [1.165, 1.54) is 23.8 Å². The average molecular weight is 647 g/mol. The van der Waals surface area contributed by atoms with E-state index in [-0.39, 0.29) is 23.7 Å². The van der Waals surface area contributed by atoms with Crippen LogP contribution < -0.4 is 4.74 Å². The Morgan fingerprint density at radius 3 is 2.41 bits per heavy atom. The first-order valence-electron chi connectivity index (χ1n) is 16.1. The summed E-state index contributed by atoms with van der Waals surface area (Å²) in [6.07, 6.45) is 1.20. The summed E-state index contributed by atoms with van der Waals surface area (Å²) in [5.74, 6) is -1.54. The van der Waals surface area contributed by atoms with E-state index in [9.17, 15) is 27.9 Å². The van der Waals surface area contributed by atoms with E-state index in [2.05, 4.69) is 13.0 Å². The summed E-state index contributed by atoms with van der Waals surface area (Å²) in [7, 11) is 0.814. The van der Waals surface area contributed by atoms with Crippen LogP contribution in [0.15, 0.2) is 54.1 Å². The molecule has 3 rings (SSSR count). The molecule has 1 unspecified atom stereocenters. The lowest BCUT2D eigenvalue weighted by Gasteiger charge is -2.36. The van der Waals surface area contributed by atoms with Crippen molar-refractivity contribution in [1.29, 1.82) is 0 Å². The molecular weight excluding hydrogens is 597 g/mol. The van der Waals surface area contributed by atoms with Crippen molar-refractivity contribution in [3.8, 4) is 11.5 Å². The van der Waals surface area contributed by atoms with Gasteiger partial charge in [0.15, 0.2) is 11.9 Å². The zero-order valence-electron chi connectivity index (χ0n) is 28.1. The number of allylic oxidation sites excluding steroid dienone is 2. The summed E-state index contributed by atoms with van der Waals surface area (Å²) in [6.45, 7) is 11.5. The molecule has 1 aliphatic heterocycles. The Bertz CT molecular complexity index is 1370. The van der Waals surface area contributed by atoms with Gasteiger partial charge >= 0.3 is 12.1 Å². The molecule has 2 aromatic rings. The molecule has 254 valence electrons. The monoisotopic (exact) mass is 646 g/mol. The van der Waals surface area contributed by atoms with E-state index in [0.717, 1.165) is 68.2 Å². The third kappa shape index (κ3) is 8.93. The first-order valence-corrected chi connectivity index (χ1v) is 16.1. The Hall–Kier alpha value is -3.33. The van der Waals surface area contributed by atoms with Crippen molar-refractivity contribution in [3.63, 3.8) is 0 Å². The maximum atomic E-state index is 14.4. The van der Waals surface area contributed by atoms with Crippen molar-refractivity contribution in [2.45, 2.75) is 116 Å². The number of rotatable bonds is 15. The fourth-order valence-corrected chi connectivity index (χ4v) is 6.15. The highest BCUT2D eigenvalue weighted by Crippen LogP contribution is 2.44. The summed E-state index contributed by atoms with van der Waals surface area (Å²) in [5, 5.41) is 9.89. The third-order valence-electron chi connectivity index (χ3n) is 8.89. The van der Waals surface area contributed by atoms with Crippen molar-refractivity contribution in [2.24, 2.45) is 11.8 Å². The Morgan fingerprint density at radius 1 is 1.13 bits per heavy atom. The standard InChI is InChI=1S/C37H49F3O6/c1-24(2)21-31(45-34(43)36(44-7,37(38,39)40)29-16-9-8-10-17-29)32(42)26(4)15-11-13-25(3)14-12-19-35(6)20-18-28-23-30(41)22-27(5)33(28)46-35/h8-10,14,16-17,22-24,26,31,41H,11-13,15,18-21H2,1-7H3/b25-14+/t26?,31-,35+,36-/m0/s1. The smallest absolute Gasteiger partial charge is 0.432 e. The molecule has 0 saturated heterocycles. The number of methoxy groups -OCH3 is 1. The van der Waals surface area contributed by atoms with Gasteiger partial charge in [-0.1, -0.05) is 62.8 Å². The molecule has 0 aliphatic carbocycles. The average Bonchev–Trinajstić information content (AvgIpc) is 2.97. The van der Waals surface area contributed by atoms with E-state index in [1.807, 2.05) is 27.7 Å². The lowest BCUT2D eigenvalue weighted by Crippen LogP contribution is -2.53. The van der Waals surface area contributed by atoms with Gasteiger partial charge in [0, 0.05) is 18.6 Å². The van der Waals surface area contributed by atoms with E-state index >= 15 is 0 Å². The van der Waals surface area contributed by atoms with Crippen LogP contribution in [0.2, 0.25) is 0 Å². The maximum Gasteiger partial charge on any atom is 0.432 e. The number of carbonyl (C=O) groups is 2. The van der Waals surface area contributed by atoms with Gasteiger partial charge in [-0.3, -0.25) is 4.79 Å². The molecule has 1 heterocycles. The van der Waals surface area contributed by atoms with Crippen LogP contribution in [0.1, 0.15) is 96.3 Å². The summed E-state index contributed by atoms with van der Waals surface area (Å²) < 4.78 is 59.8. The van der Waals surface area contributed by atoms with E-state index in [1.54, 1.807) is 19.1 Å². The number of ether oxygens (including phenoxy) is 3. The van der Waals surface area contributed by atoms with Crippen molar-refractivity contribution >= 4 is 11.8 Å². The Morgan fingerprint density at radius 2 is 1.80 bits per heavy atom. The molecule has 9 heteroatoms. The number of hydrogen-bond acceptors (Lipinski definition) is 6. The fourth-order valence-electron chi connectivity index (χ4n) is 6.15. The zero-order valence-corrected chi connectivity index (χ0v) is 28.1. The second-order valence-electron chi connectivity index (χ2n) is 13.4. The van der Waals surface area contributed by atoms with Crippen LogP contribution in [0.5, 0.6) is 11.5 Å². The number of benzene rings is 2. The molecule has 0 amide bonds. The number of hydrogen-bond donors (Lipinski definition) is 1. The molecule has 46 heavy (non-hydrogen) atoms. The van der Waals surface area contributed by atoms with Gasteiger partial charge in [0.1, 0.15) is 17.1 Å². The molecule has 0 spiro atoms. The number of phenolic OH excluding ortho intramolecular Hbond substituents is 1. The number of aromatic hydroxyl groups is 1. The Labute approximate surface area is 271 Å². The number of phenols is 1. The first kappa shape index (κ1) is 37.1. The van der Waals surface area contributed by atoms with Crippen LogP contribution in [-0.4, -0.2) is 41.9 Å². The van der Waals surface area contributed by atoms with Crippen LogP contribution in [0.25, 0.3) is 0 Å². The zero-order chi connectivity index (χ0) is 34.3. The molecule has 6 nitrogen and oxygen atoms in total. The molecule has 2 aromatic carbocycles. The number of fused-ring (bicyclic) bond motifs is 1. The number of ketones is 1. The van der Waals surface area contributed by atoms with Crippen LogP contribution in [0.3, 0.4) is 0 Å². The van der Waals surface area contributed by atoms with Crippen molar-refractivity contribution in [3.05, 3.63) is 70.8 Å². The quantitative estimate of drug-likeness (QED) is 0.154. The molecule has 0 bridgehead atoms. The highest BCUT2D eigenvalue weighted by molar-refractivity contribution is 5.90. The minimum atomic E-state index is -5.12. The van der Waals surface area contributed by atoms with Gasteiger partial charge in [-0.15, -0.1) is 0 Å². The number of alkyl halides is 3. The van der Waals surface area contributed by atoms with Crippen LogP contribution in [-0.2, 0) is 31.1 Å². The van der Waals surface area contributed by atoms with Crippen molar-refractivity contribution in [1.82, 2.24) is 0 Å². The number of aryl methyl sites for hydroxylation is 2. The highest BCUT2D eigenvalue weighted by atomic mass is 19.4. The second-order valence-corrected chi connectivity index (χ2v) is 13.4. The van der Waals surface area contributed by atoms with E-state index < -0.39 is 41.1 Å². The summed E-state index contributed by atoms with van der Waals surface area (Å²) in [6, 6.07) is 10.1. The molecule has 0 radical (unpaired) electrons. The molecule has 0 saturated carbocycles. The largest absolute Gasteiger partial charge is 0.508 e. The topological polar surface area (TPSA) is 82.1 Å². The van der Waals surface area contributed by atoms with Gasteiger partial charge in [-0.25, -0.2) is 4.79 Å². The summed E-state index contributed by atoms with van der Waals surface area (Å²) >= 11 is 0. The van der Waals surface area contributed by atoms with Gasteiger partial charge in [0.05, 0.1) is 0 Å². The Balaban J connectivity index is 1.58. The van der Waals surface area contributed by atoms with Crippen LogP contribution in [0.4, 0.5) is 13.2 Å². The fraction of sp³-hybridized carbons (Fsp3) is 0.568. The summed E-state index contributed by atoms with van der Waals surface area (Å²) in [5.41, 5.74) is -0.919. The second kappa shape index (κ2) is 15.5. The molecular formula is C37H49F3O6. The van der Waals surface area contributed by atoms with Gasteiger partial charge < -0.3 is 19.3 Å². The normalized spacial score (nSPS) is 19.5. The van der Waals surface area contributed by atoms with Gasteiger partial charge in [0.25, 0.3) is 5.60 Å². The number of halogens is 3. The first-order chi connectivity index (χ1) is 21.5. The third-order valence-corrected chi connectivity index (χ3v) is 8.89. The minimum Gasteiger partial charge on any atom is -0.508 e. The van der Waals surface area contributed by atoms with Crippen LogP contribution >= 0.6 is 0 Å². The van der Waals surface area contributed by atoms with Crippen LogP contribution in [0, 0.1) is 18.8 Å². The molecule has 0 aromatic heterocycles. The lowest BCUT2D eigenvalue weighted by atomic mass is 9.87. The predicted molar refractivity (Wildman–Crippen MR) is 172 cm³/mol. The van der Waals surface area contributed by atoms with Gasteiger partial charge in [0.2, 0.25) is 0 Å². The van der Waals surface area contributed by atoms with Gasteiger partial charge in [-0.05, 0) is 101 Å². The number of Topliss-reactive ketones (excluding diaryl/α,β-unsaturated/α-hetero) is 1. The lowest BCUT2D eigenvalue weighted by molar-refractivity contribution is -0.278. The Kier molecular flexibility index (Phi) is 12.5. The highest BCUT2D eigenvalue weighted by Gasteiger charge is 2.64. The molecule has 1 aliphatic rings. The number of esters is 1. The molecule has 1 N–H and O–H groups in total. The predicted octanol–water partition coefficient (Wildman–Crippen LogP) is 8.95. The van der Waals surface area contributed by atoms with E-state index in [4.69, 9.17) is 14.2 Å². The van der Waals surface area contributed by atoms with Gasteiger partial charge in [-0.2, -0.15) is 13.2 Å². The number of carbonyl (C=O) groups excluding carboxylic acids is 2. The molecule has 0 fully saturated rings. The SMILES string of the molecule is CO[C@](C(=O)O[C@@H](CC(C)C)C(=O)C(C)CCC/C(C)=C/CC[C@]1(C)CCc2cc(O)cc(C)c2O1)(c1ccccc1)C(F)(F)F.